The van der Waals surface area contributed by atoms with Crippen molar-refractivity contribution in [2.75, 3.05) is 13.1 Å². The van der Waals surface area contributed by atoms with E-state index >= 15 is 0 Å². The molecule has 17 heavy (non-hydrogen) atoms. The van der Waals surface area contributed by atoms with E-state index in [1.807, 2.05) is 0 Å². The third kappa shape index (κ3) is 4.09. The first kappa shape index (κ1) is 15.1. The van der Waals surface area contributed by atoms with E-state index in [-0.39, 0.29) is 0 Å². The van der Waals surface area contributed by atoms with Gasteiger partial charge in [0.1, 0.15) is 0 Å². The molecule has 0 amide bonds. The van der Waals surface area contributed by atoms with Gasteiger partial charge in [-0.3, -0.25) is 0 Å². The van der Waals surface area contributed by atoms with E-state index in [0.29, 0.717) is 11.3 Å². The van der Waals surface area contributed by atoms with Crippen LogP contribution in [-0.2, 0) is 0 Å². The summed E-state index contributed by atoms with van der Waals surface area (Å²) in [5, 5.41) is 0.421. The highest BCUT2D eigenvalue weighted by atomic mass is 127. The number of hydrogen-bond donors (Lipinski definition) is 0. The Kier molecular flexibility index (Phi) is 6.16. The van der Waals surface area contributed by atoms with Crippen LogP contribution in [0.15, 0.2) is 0 Å². The fourth-order valence-electron chi connectivity index (χ4n) is 3.24. The maximum Gasteiger partial charge on any atom is 0.0371 e. The summed E-state index contributed by atoms with van der Waals surface area (Å²) in [6.45, 7) is 4.92. The van der Waals surface area contributed by atoms with E-state index in [0.717, 1.165) is 15.8 Å². The largest absolute Gasteiger partial charge is 0.248 e. The molecule has 4 atom stereocenters. The van der Waals surface area contributed by atoms with Gasteiger partial charge in [0.15, 0.2) is 0 Å². The van der Waals surface area contributed by atoms with Crippen molar-refractivity contribution in [2.45, 2.75) is 48.3 Å². The lowest BCUT2D eigenvalue weighted by atomic mass is 9.76. The Morgan fingerprint density at radius 2 is 1.82 bits per heavy atom. The van der Waals surface area contributed by atoms with Crippen molar-refractivity contribution in [3.05, 3.63) is 0 Å². The highest BCUT2D eigenvalue weighted by Gasteiger charge is 2.35. The topological polar surface area (TPSA) is 3.24 Å². The smallest absolute Gasteiger partial charge is 0.0371 e. The van der Waals surface area contributed by atoms with E-state index in [2.05, 4.69) is 55.5 Å². The zero-order valence-corrected chi connectivity index (χ0v) is 15.5. The van der Waals surface area contributed by atoms with Crippen LogP contribution in [0.1, 0.15) is 39.0 Å². The molecule has 2 aliphatic rings. The van der Waals surface area contributed by atoms with Crippen LogP contribution in [-0.4, -0.2) is 25.5 Å². The second kappa shape index (κ2) is 6.93. The molecule has 2 fully saturated rings. The second-order valence-electron chi connectivity index (χ2n) is 5.75. The quantitative estimate of drug-likeness (QED) is 0.308. The Morgan fingerprint density at radius 3 is 2.47 bits per heavy atom. The first-order valence-electron chi connectivity index (χ1n) is 6.76. The van der Waals surface area contributed by atoms with Gasteiger partial charge in [-0.25, -0.2) is 3.11 Å². The minimum Gasteiger partial charge on any atom is -0.248 e. The van der Waals surface area contributed by atoms with E-state index in [1.165, 1.54) is 45.2 Å². The molecule has 0 bridgehead atoms. The molecule has 0 radical (unpaired) electrons. The van der Waals surface area contributed by atoms with Crippen molar-refractivity contribution in [1.82, 2.24) is 3.11 Å². The maximum atomic E-state index is 6.38. The normalized spacial score (nSPS) is 41.6. The fourth-order valence-corrected chi connectivity index (χ4v) is 5.48. The highest BCUT2D eigenvalue weighted by Crippen LogP contribution is 2.41. The first-order valence-corrected chi connectivity index (χ1v) is 9.41. The fraction of sp³-hybridized carbons (Fsp3) is 1.00. The zero-order valence-electron chi connectivity index (χ0n) is 10.4. The second-order valence-corrected chi connectivity index (χ2v) is 9.11. The number of nitrogens with zero attached hydrogens (tertiary/aromatic N) is 1. The Hall–Kier alpha value is 1.71. The van der Waals surface area contributed by atoms with Gasteiger partial charge in [-0.1, -0.05) is 29.5 Å². The van der Waals surface area contributed by atoms with Crippen molar-refractivity contribution in [2.24, 2.45) is 17.8 Å². The summed E-state index contributed by atoms with van der Waals surface area (Å²) >= 11 is 11.5. The van der Waals surface area contributed by atoms with Gasteiger partial charge in [-0.15, -0.1) is 11.6 Å². The minimum absolute atomic E-state index is 0.421. The number of halogens is 3. The Balaban J connectivity index is 1.82. The van der Waals surface area contributed by atoms with Crippen LogP contribution in [0.5, 0.6) is 0 Å². The summed E-state index contributed by atoms with van der Waals surface area (Å²) in [4.78, 5) is 0. The number of alkyl halides is 2. The molecule has 100 valence electrons. The average molecular weight is 482 g/mol. The molecule has 1 nitrogen and oxygen atoms in total. The van der Waals surface area contributed by atoms with Crippen LogP contribution in [0, 0.1) is 17.8 Å². The molecule has 1 aliphatic heterocycles. The van der Waals surface area contributed by atoms with Gasteiger partial charge in [0.2, 0.25) is 0 Å². The predicted octanol–water partition coefficient (Wildman–Crippen LogP) is 4.90. The molecule has 1 saturated heterocycles. The Bertz CT molecular complexity index is 244. The number of piperidine rings is 1. The van der Waals surface area contributed by atoms with Gasteiger partial charge in [0, 0.05) is 45.3 Å². The third-order valence-electron chi connectivity index (χ3n) is 4.53. The van der Waals surface area contributed by atoms with Crippen molar-refractivity contribution < 1.29 is 0 Å². The lowest BCUT2D eigenvalue weighted by Crippen LogP contribution is -2.36. The van der Waals surface area contributed by atoms with Gasteiger partial charge in [-0.05, 0) is 49.9 Å². The van der Waals surface area contributed by atoms with Crippen LogP contribution >= 0.6 is 57.1 Å². The molecular weight excluding hydrogens is 459 g/mol. The maximum absolute atomic E-state index is 6.38. The molecule has 4 heteroatoms. The molecule has 1 aliphatic carbocycles. The lowest BCUT2D eigenvalue weighted by Gasteiger charge is -2.39. The van der Waals surface area contributed by atoms with E-state index in [1.54, 1.807) is 0 Å². The van der Waals surface area contributed by atoms with Gasteiger partial charge >= 0.3 is 0 Å². The van der Waals surface area contributed by atoms with Gasteiger partial charge in [0.25, 0.3) is 0 Å². The number of rotatable bonds is 2. The highest BCUT2D eigenvalue weighted by molar-refractivity contribution is 14.1. The SMILES string of the molecule is C[C@H]1C(Cl)CCC(CC2CCN(I)CC2)C1I. The summed E-state index contributed by atoms with van der Waals surface area (Å²) in [6, 6.07) is 0. The molecule has 0 aromatic rings. The summed E-state index contributed by atoms with van der Waals surface area (Å²) in [5.41, 5.74) is 0. The van der Waals surface area contributed by atoms with E-state index in [9.17, 15) is 0 Å². The Labute approximate surface area is 138 Å². The molecule has 2 rings (SSSR count). The number of hydrogen-bond acceptors (Lipinski definition) is 1. The van der Waals surface area contributed by atoms with Crippen molar-refractivity contribution >= 4 is 57.1 Å². The van der Waals surface area contributed by atoms with Crippen LogP contribution < -0.4 is 0 Å². The first-order chi connectivity index (χ1) is 8.08. The van der Waals surface area contributed by atoms with Crippen LogP contribution in [0.4, 0.5) is 0 Å². The van der Waals surface area contributed by atoms with Crippen molar-refractivity contribution in [1.29, 1.82) is 0 Å². The van der Waals surface area contributed by atoms with Gasteiger partial charge in [0.05, 0.1) is 0 Å². The molecule has 1 heterocycles. The molecule has 0 aromatic heterocycles. The molecule has 0 N–H and O–H groups in total. The van der Waals surface area contributed by atoms with Crippen LogP contribution in [0.25, 0.3) is 0 Å². The minimum atomic E-state index is 0.421. The lowest BCUT2D eigenvalue weighted by molar-refractivity contribution is 0.217. The van der Waals surface area contributed by atoms with Gasteiger partial charge in [-0.2, -0.15) is 0 Å². The zero-order chi connectivity index (χ0) is 12.4. The van der Waals surface area contributed by atoms with Crippen LogP contribution in [0.3, 0.4) is 0 Å². The molecule has 0 aromatic carbocycles. The standard InChI is InChI=1S/C13H22ClI2N/c1-9-12(14)3-2-11(13(9)15)8-10-4-6-17(16)7-5-10/h9-13H,2-8H2,1H3/t9-,11?,12?,13?/m0/s1. The summed E-state index contributed by atoms with van der Waals surface area (Å²) in [5.74, 6) is 2.59. The van der Waals surface area contributed by atoms with E-state index in [4.69, 9.17) is 11.6 Å². The monoisotopic (exact) mass is 481 g/mol. The average Bonchev–Trinajstić information content (AvgIpc) is 2.33. The summed E-state index contributed by atoms with van der Waals surface area (Å²) in [6.07, 6.45) is 6.85. The molecular formula is C13H22ClI2N. The Morgan fingerprint density at radius 1 is 1.18 bits per heavy atom. The van der Waals surface area contributed by atoms with Crippen LogP contribution in [0.2, 0.25) is 0 Å². The van der Waals surface area contributed by atoms with Gasteiger partial charge < -0.3 is 0 Å². The van der Waals surface area contributed by atoms with E-state index < -0.39 is 0 Å². The van der Waals surface area contributed by atoms with Crippen molar-refractivity contribution in [3.63, 3.8) is 0 Å². The molecule has 0 spiro atoms. The third-order valence-corrected chi connectivity index (χ3v) is 8.26. The van der Waals surface area contributed by atoms with Crippen molar-refractivity contribution in [3.8, 4) is 0 Å². The molecule has 3 unspecified atom stereocenters. The summed E-state index contributed by atoms with van der Waals surface area (Å²) in [7, 11) is 0. The summed E-state index contributed by atoms with van der Waals surface area (Å²) < 4.78 is 3.23. The predicted molar refractivity (Wildman–Crippen MR) is 92.3 cm³/mol. The molecule has 1 saturated carbocycles.